The van der Waals surface area contributed by atoms with Crippen molar-refractivity contribution in [3.63, 3.8) is 0 Å². The summed E-state index contributed by atoms with van der Waals surface area (Å²) in [6, 6.07) is 16.4. The van der Waals surface area contributed by atoms with Crippen LogP contribution in [0, 0.1) is 17.8 Å². The number of unbranched alkanes of at least 4 members (excludes halogenated alkanes) is 18. The molecular weight excluding hydrogens is 964 g/mol. The molecule has 0 N–H and O–H groups in total. The van der Waals surface area contributed by atoms with Crippen LogP contribution in [0.25, 0.3) is 16.7 Å². The second kappa shape index (κ2) is 34.3. The SMILES string of the molecule is CCCCCCCCC1C=CC(c2ccc(C(F)(F)F)cc2)=CC1.CCCCCCCCCC1C=CC(c2ccc(C(F)(F)F)cc2)=CC1.CCCCCCCCCCC1C=CC(c2ccc(C(F)(F)F)cc2)=CC1. The molecule has 3 aromatic rings. The third kappa shape index (κ3) is 25.0. The fourth-order valence-corrected chi connectivity index (χ4v) is 9.92. The average molecular weight is 1050 g/mol. The quantitative estimate of drug-likeness (QED) is 0.0527. The molecule has 6 rings (SSSR count). The van der Waals surface area contributed by atoms with Gasteiger partial charge in [0.15, 0.2) is 0 Å². The molecule has 0 aromatic heterocycles. The molecule has 0 amide bonds. The number of alkyl halides is 9. The van der Waals surface area contributed by atoms with Gasteiger partial charge in [-0.05, 0) is 126 Å². The largest absolute Gasteiger partial charge is 0.416 e. The van der Waals surface area contributed by atoms with Gasteiger partial charge in [-0.15, -0.1) is 0 Å². The van der Waals surface area contributed by atoms with Crippen molar-refractivity contribution in [2.75, 3.05) is 0 Å². The fraction of sp³-hybridized carbons (Fsp3) is 0.545. The molecule has 0 saturated carbocycles. The Morgan fingerprint density at radius 3 is 0.707 bits per heavy atom. The first kappa shape index (κ1) is 63.0. The molecule has 75 heavy (non-hydrogen) atoms. The number of hydrogen-bond acceptors (Lipinski definition) is 0. The van der Waals surface area contributed by atoms with Crippen LogP contribution in [0.5, 0.6) is 0 Å². The van der Waals surface area contributed by atoms with Gasteiger partial charge in [0.2, 0.25) is 0 Å². The monoisotopic (exact) mass is 1050 g/mol. The van der Waals surface area contributed by atoms with Gasteiger partial charge in [0.1, 0.15) is 0 Å². The summed E-state index contributed by atoms with van der Waals surface area (Å²) in [6.07, 6.45) is 41.0. The second-order valence-corrected chi connectivity index (χ2v) is 21.0. The van der Waals surface area contributed by atoms with Gasteiger partial charge in [0.25, 0.3) is 0 Å². The summed E-state index contributed by atoms with van der Waals surface area (Å²) in [5.74, 6) is 1.73. The first-order valence-electron chi connectivity index (χ1n) is 28.7. The van der Waals surface area contributed by atoms with E-state index in [-0.39, 0.29) is 0 Å². The Bertz CT molecular complexity index is 2190. The third-order valence-corrected chi connectivity index (χ3v) is 14.7. The molecule has 9 heteroatoms. The van der Waals surface area contributed by atoms with Crippen LogP contribution in [-0.4, -0.2) is 0 Å². The predicted molar refractivity (Wildman–Crippen MR) is 298 cm³/mol. The number of benzene rings is 3. The Kier molecular flexibility index (Phi) is 28.8. The summed E-state index contributed by atoms with van der Waals surface area (Å²) in [7, 11) is 0. The van der Waals surface area contributed by atoms with Gasteiger partial charge in [-0.1, -0.05) is 247 Å². The van der Waals surface area contributed by atoms with Crippen LogP contribution in [0.2, 0.25) is 0 Å². The van der Waals surface area contributed by atoms with Gasteiger partial charge in [0.05, 0.1) is 16.7 Å². The van der Waals surface area contributed by atoms with Crippen LogP contribution in [0.1, 0.15) is 228 Å². The molecule has 3 aliphatic rings. The Balaban J connectivity index is 0.000000244. The predicted octanol–water partition coefficient (Wildman–Crippen LogP) is 23.4. The van der Waals surface area contributed by atoms with E-state index in [0.717, 1.165) is 89.1 Å². The third-order valence-electron chi connectivity index (χ3n) is 14.7. The molecule has 0 saturated heterocycles. The van der Waals surface area contributed by atoms with E-state index in [1.54, 1.807) is 36.4 Å². The van der Waals surface area contributed by atoms with Crippen LogP contribution in [0.4, 0.5) is 39.5 Å². The molecule has 3 atom stereocenters. The number of allylic oxidation sites excluding steroid dienone is 12. The van der Waals surface area contributed by atoms with E-state index in [0.29, 0.717) is 17.8 Å². The number of rotatable bonds is 27. The van der Waals surface area contributed by atoms with E-state index in [1.165, 1.54) is 154 Å². The van der Waals surface area contributed by atoms with Crippen molar-refractivity contribution in [2.24, 2.45) is 17.8 Å². The molecule has 414 valence electrons. The minimum atomic E-state index is -4.27. The van der Waals surface area contributed by atoms with Crippen molar-refractivity contribution in [1.82, 2.24) is 0 Å². The lowest BCUT2D eigenvalue weighted by Crippen LogP contribution is -2.04. The van der Waals surface area contributed by atoms with E-state index in [4.69, 9.17) is 0 Å². The van der Waals surface area contributed by atoms with E-state index in [2.05, 4.69) is 75.5 Å². The maximum Gasteiger partial charge on any atom is 0.416 e. The van der Waals surface area contributed by atoms with Crippen LogP contribution < -0.4 is 0 Å². The summed E-state index contributed by atoms with van der Waals surface area (Å²) in [4.78, 5) is 0. The standard InChI is InChI=1S/C23H31F3.C22H29F3.C21H27F3/c1-2-3-4-5-6-7-8-9-10-19-11-13-20(14-12-19)21-15-17-22(18-16-21)23(24,25)26;1-2-3-4-5-6-7-8-9-18-10-12-19(13-11-18)20-14-16-21(17-15-20)22(23,24)25;1-2-3-4-5-6-7-8-17-9-11-18(12-10-17)19-13-15-20(16-14-19)21(22,23)24/h11,13-19H,2-10,12H2,1H3;10,12-18H,2-9,11H2,1H3;9,11-17H,2-8,10H2,1H3. The summed E-state index contributed by atoms with van der Waals surface area (Å²) < 4.78 is 114. The lowest BCUT2D eigenvalue weighted by Gasteiger charge is -2.17. The van der Waals surface area contributed by atoms with Gasteiger partial charge in [0, 0.05) is 0 Å². The Morgan fingerprint density at radius 1 is 0.307 bits per heavy atom. The molecule has 0 heterocycles. The number of hydrogen-bond donors (Lipinski definition) is 0. The van der Waals surface area contributed by atoms with Gasteiger partial charge < -0.3 is 0 Å². The van der Waals surface area contributed by atoms with Crippen molar-refractivity contribution in [3.8, 4) is 0 Å². The topological polar surface area (TPSA) is 0 Å². The Morgan fingerprint density at radius 2 is 0.520 bits per heavy atom. The lowest BCUT2D eigenvalue weighted by atomic mass is 9.89. The zero-order valence-corrected chi connectivity index (χ0v) is 45.3. The Labute approximate surface area is 445 Å². The summed E-state index contributed by atoms with van der Waals surface area (Å²) in [6.45, 7) is 6.71. The molecule has 0 fully saturated rings. The maximum absolute atomic E-state index is 12.6. The molecule has 0 bridgehead atoms. The number of halogens is 9. The molecule has 0 radical (unpaired) electrons. The lowest BCUT2D eigenvalue weighted by molar-refractivity contribution is -0.138. The highest BCUT2D eigenvalue weighted by Gasteiger charge is 2.32. The fourth-order valence-electron chi connectivity index (χ4n) is 9.92. The van der Waals surface area contributed by atoms with Crippen LogP contribution in [0.3, 0.4) is 0 Å². The van der Waals surface area contributed by atoms with Gasteiger partial charge >= 0.3 is 18.5 Å². The molecule has 0 spiro atoms. The smallest absolute Gasteiger partial charge is 0.166 e. The average Bonchev–Trinajstić information content (AvgIpc) is 3.40. The van der Waals surface area contributed by atoms with E-state index in [9.17, 15) is 39.5 Å². The minimum Gasteiger partial charge on any atom is -0.166 e. The first-order chi connectivity index (χ1) is 36.0. The van der Waals surface area contributed by atoms with Gasteiger partial charge in [-0.3, -0.25) is 0 Å². The normalized spacial score (nSPS) is 17.6. The van der Waals surface area contributed by atoms with Crippen LogP contribution in [0.15, 0.2) is 127 Å². The highest BCUT2D eigenvalue weighted by Crippen LogP contribution is 2.35. The van der Waals surface area contributed by atoms with Gasteiger partial charge in [-0.2, -0.15) is 39.5 Å². The molecule has 0 aliphatic heterocycles. The molecule has 3 unspecified atom stereocenters. The zero-order chi connectivity index (χ0) is 54.4. The highest BCUT2D eigenvalue weighted by atomic mass is 19.4. The van der Waals surface area contributed by atoms with Crippen molar-refractivity contribution >= 4 is 16.7 Å². The summed E-state index contributed by atoms with van der Waals surface area (Å²) in [5.41, 5.74) is 3.91. The van der Waals surface area contributed by atoms with E-state index < -0.39 is 35.2 Å². The minimum absolute atomic E-state index is 0.577. The van der Waals surface area contributed by atoms with E-state index in [1.807, 2.05) is 0 Å². The van der Waals surface area contributed by atoms with Gasteiger partial charge in [-0.25, -0.2) is 0 Å². The molecule has 0 nitrogen and oxygen atoms in total. The molecule has 3 aromatic carbocycles. The van der Waals surface area contributed by atoms with Crippen molar-refractivity contribution in [1.29, 1.82) is 0 Å². The maximum atomic E-state index is 12.6. The first-order valence-corrected chi connectivity index (χ1v) is 28.7. The Hall–Kier alpha value is -4.53. The van der Waals surface area contributed by atoms with Crippen molar-refractivity contribution in [2.45, 2.75) is 213 Å². The summed E-state index contributed by atoms with van der Waals surface area (Å²) in [5, 5.41) is 0. The van der Waals surface area contributed by atoms with Crippen LogP contribution >= 0.6 is 0 Å². The molecule has 3 aliphatic carbocycles. The van der Waals surface area contributed by atoms with Crippen molar-refractivity contribution in [3.05, 3.63) is 161 Å². The van der Waals surface area contributed by atoms with E-state index >= 15 is 0 Å². The zero-order valence-electron chi connectivity index (χ0n) is 45.3. The van der Waals surface area contributed by atoms with Crippen molar-refractivity contribution < 1.29 is 39.5 Å². The highest BCUT2D eigenvalue weighted by molar-refractivity contribution is 5.76. The second-order valence-electron chi connectivity index (χ2n) is 21.0. The summed E-state index contributed by atoms with van der Waals surface area (Å²) >= 11 is 0. The van der Waals surface area contributed by atoms with Crippen LogP contribution in [-0.2, 0) is 18.5 Å². The molecular formula is C66H87F9.